The molecule has 7 atom stereocenters. The Morgan fingerprint density at radius 2 is 1.83 bits per heavy atom. The number of aliphatic hydroxyl groups is 1. The molecule has 2 bridgehead atoms. The highest BCUT2D eigenvalue weighted by Crippen LogP contribution is 2.69. The Morgan fingerprint density at radius 1 is 1.12 bits per heavy atom. The first-order valence-corrected chi connectivity index (χ1v) is 15.4. The summed E-state index contributed by atoms with van der Waals surface area (Å²) in [5, 5.41) is 16.5. The number of benzene rings is 2. The lowest BCUT2D eigenvalue weighted by Gasteiger charge is -2.41. The summed E-state index contributed by atoms with van der Waals surface area (Å²) < 4.78 is 4.75. The topological polar surface area (TPSA) is 108 Å². The molecule has 8 nitrogen and oxygen atoms in total. The molecule has 3 unspecified atom stereocenters. The fraction of sp³-hybridized carbons (Fsp3) is 0.531. The zero-order valence-corrected chi connectivity index (χ0v) is 25.5. The predicted octanol–water partition coefficient (Wildman–Crippen LogP) is 4.63. The molecule has 0 aromatic heterocycles. The molecular weight excluding hydrogens is 538 g/mol. The maximum Gasteiger partial charge on any atom is 0.248 e. The fourth-order valence-corrected chi connectivity index (χ4v) is 9.54. The summed E-state index contributed by atoms with van der Waals surface area (Å²) in [7, 11) is 0. The van der Waals surface area contributed by atoms with E-state index in [0.29, 0.717) is 18.0 Å². The number of amides is 3. The van der Waals surface area contributed by atoms with Gasteiger partial charge < -0.3 is 25.4 Å². The van der Waals surface area contributed by atoms with Gasteiger partial charge in [0.2, 0.25) is 17.7 Å². The lowest BCUT2D eigenvalue weighted by atomic mass is 9.65. The summed E-state index contributed by atoms with van der Waals surface area (Å²) in [5.41, 5.74) is 3.30. The summed E-state index contributed by atoms with van der Waals surface area (Å²) in [6.45, 7) is 12.1. The predicted molar refractivity (Wildman–Crippen MR) is 162 cm³/mol. The number of hydrogen-bond donors (Lipinski definition) is 3. The number of fused-ring (bicyclic) bond motifs is 1. The van der Waals surface area contributed by atoms with E-state index >= 15 is 0 Å². The second-order valence-electron chi connectivity index (χ2n) is 12.0. The molecule has 0 saturated carbocycles. The molecule has 3 saturated heterocycles. The van der Waals surface area contributed by atoms with E-state index in [-0.39, 0.29) is 41.4 Å². The minimum atomic E-state index is -0.812. The standard InChI is InChI=1S/C32H41N3O5S/c1-7-40-22-12-10-21(11-13-22)33-29(37)26-25-15-20(6)32(41-25)27(26)31(39)35(24(16-36)17(2)3)28(32)30(38)34-23-14-18(4)8-9-19(23)5/h8-14,17,20,24-28,36H,7,15-16H2,1-6H3,(H,33,37)(H,34,38)/t20?,24-,25+,26-,27-,28?,32?/m0/s1. The molecule has 2 aromatic rings. The van der Waals surface area contributed by atoms with Gasteiger partial charge in [0, 0.05) is 16.6 Å². The van der Waals surface area contributed by atoms with Crippen LogP contribution in [-0.4, -0.2) is 63.0 Å². The number of hydrogen-bond acceptors (Lipinski definition) is 6. The van der Waals surface area contributed by atoms with Crippen molar-refractivity contribution < 1.29 is 24.2 Å². The van der Waals surface area contributed by atoms with E-state index < -0.39 is 28.7 Å². The number of anilines is 2. The first-order chi connectivity index (χ1) is 19.5. The molecule has 3 aliphatic heterocycles. The lowest BCUT2D eigenvalue weighted by Crippen LogP contribution is -2.57. The van der Waals surface area contributed by atoms with E-state index in [9.17, 15) is 19.5 Å². The second-order valence-corrected chi connectivity index (χ2v) is 13.6. The van der Waals surface area contributed by atoms with Gasteiger partial charge in [-0.15, -0.1) is 11.8 Å². The van der Waals surface area contributed by atoms with Gasteiger partial charge in [-0.25, -0.2) is 0 Å². The van der Waals surface area contributed by atoms with Crippen molar-refractivity contribution in [2.75, 3.05) is 23.8 Å². The molecule has 3 heterocycles. The van der Waals surface area contributed by atoms with Crippen LogP contribution in [0.1, 0.15) is 45.2 Å². The van der Waals surface area contributed by atoms with Crippen molar-refractivity contribution in [3.8, 4) is 5.75 Å². The van der Waals surface area contributed by atoms with Crippen LogP contribution in [0.25, 0.3) is 0 Å². The van der Waals surface area contributed by atoms with Crippen molar-refractivity contribution in [2.45, 2.75) is 70.0 Å². The molecule has 2 aromatic carbocycles. The van der Waals surface area contributed by atoms with E-state index in [1.165, 1.54) is 0 Å². The van der Waals surface area contributed by atoms with Gasteiger partial charge in [-0.2, -0.15) is 0 Å². The molecule has 0 aliphatic carbocycles. The van der Waals surface area contributed by atoms with Gasteiger partial charge in [0.15, 0.2) is 0 Å². The average molecular weight is 580 g/mol. The Bertz CT molecular complexity index is 1330. The number of thioether (sulfide) groups is 1. The molecule has 3 fully saturated rings. The van der Waals surface area contributed by atoms with Gasteiger partial charge >= 0.3 is 0 Å². The molecular formula is C32H41N3O5S. The zero-order chi connectivity index (χ0) is 29.6. The molecule has 3 amide bonds. The van der Waals surface area contributed by atoms with Crippen LogP contribution in [0.5, 0.6) is 5.75 Å². The van der Waals surface area contributed by atoms with E-state index in [1.54, 1.807) is 28.8 Å². The number of aliphatic hydroxyl groups excluding tert-OH is 1. The number of carbonyl (C=O) groups is 3. The number of likely N-dealkylation sites (tertiary alicyclic amines) is 1. The van der Waals surface area contributed by atoms with Crippen molar-refractivity contribution in [2.24, 2.45) is 23.7 Å². The van der Waals surface area contributed by atoms with Gasteiger partial charge in [0.1, 0.15) is 11.8 Å². The molecule has 1 spiro atoms. The number of aryl methyl sites for hydroxylation is 2. The number of carbonyl (C=O) groups excluding carboxylic acids is 3. The zero-order valence-electron chi connectivity index (χ0n) is 24.6. The van der Waals surface area contributed by atoms with Crippen molar-refractivity contribution in [1.29, 1.82) is 0 Å². The van der Waals surface area contributed by atoms with Gasteiger partial charge in [-0.05, 0) is 80.5 Å². The van der Waals surface area contributed by atoms with E-state index in [2.05, 4.69) is 17.6 Å². The number of ether oxygens (including phenoxy) is 1. The number of rotatable bonds is 9. The first-order valence-electron chi connectivity index (χ1n) is 14.6. The third kappa shape index (κ3) is 4.91. The Morgan fingerprint density at radius 3 is 2.46 bits per heavy atom. The SMILES string of the molecule is CCOc1ccc(NC(=O)[C@@H]2[C@H]3C(=O)N([C@@H](CO)C(C)C)C(C(=O)Nc4cc(C)ccc4C)C34S[C@@H]2CC4C)cc1. The van der Waals surface area contributed by atoms with Crippen LogP contribution in [0.15, 0.2) is 42.5 Å². The quantitative estimate of drug-likeness (QED) is 0.400. The minimum absolute atomic E-state index is 0.0341. The number of nitrogens with one attached hydrogen (secondary N) is 2. The molecule has 3 N–H and O–H groups in total. The van der Waals surface area contributed by atoms with Gasteiger partial charge in [0.05, 0.1) is 35.8 Å². The maximum absolute atomic E-state index is 14.4. The second kappa shape index (κ2) is 11.3. The van der Waals surface area contributed by atoms with Crippen LogP contribution in [-0.2, 0) is 14.4 Å². The third-order valence-corrected chi connectivity index (χ3v) is 11.2. The van der Waals surface area contributed by atoms with Crippen LogP contribution in [0.4, 0.5) is 11.4 Å². The first kappa shape index (κ1) is 29.5. The Labute approximate surface area is 246 Å². The Hall–Kier alpha value is -3.04. The van der Waals surface area contributed by atoms with E-state index in [0.717, 1.165) is 23.3 Å². The van der Waals surface area contributed by atoms with Crippen LogP contribution >= 0.6 is 11.8 Å². The molecule has 9 heteroatoms. The van der Waals surface area contributed by atoms with Crippen molar-refractivity contribution in [1.82, 2.24) is 4.90 Å². The molecule has 3 aliphatic rings. The lowest BCUT2D eigenvalue weighted by molar-refractivity contribution is -0.142. The van der Waals surface area contributed by atoms with Crippen molar-refractivity contribution >= 4 is 40.9 Å². The molecule has 41 heavy (non-hydrogen) atoms. The summed E-state index contributed by atoms with van der Waals surface area (Å²) >= 11 is 1.63. The summed E-state index contributed by atoms with van der Waals surface area (Å²) in [6.07, 6.45) is 0.738. The van der Waals surface area contributed by atoms with Crippen LogP contribution in [0.2, 0.25) is 0 Å². The normalized spacial score (nSPS) is 29.0. The van der Waals surface area contributed by atoms with Crippen LogP contribution in [0, 0.1) is 37.5 Å². The van der Waals surface area contributed by atoms with E-state index in [1.807, 2.05) is 65.0 Å². The minimum Gasteiger partial charge on any atom is -0.494 e. The van der Waals surface area contributed by atoms with Crippen molar-refractivity contribution in [3.63, 3.8) is 0 Å². The monoisotopic (exact) mass is 579 g/mol. The Balaban J connectivity index is 1.51. The summed E-state index contributed by atoms with van der Waals surface area (Å²) in [4.78, 5) is 44.2. The average Bonchev–Trinajstić information content (AvgIpc) is 3.52. The maximum atomic E-state index is 14.4. The van der Waals surface area contributed by atoms with Gasteiger partial charge in [-0.3, -0.25) is 14.4 Å². The number of nitrogens with zero attached hydrogens (tertiary/aromatic N) is 1. The molecule has 0 radical (unpaired) electrons. The van der Waals surface area contributed by atoms with E-state index in [4.69, 9.17) is 4.74 Å². The highest BCUT2D eigenvalue weighted by atomic mass is 32.2. The highest BCUT2D eigenvalue weighted by Gasteiger charge is 2.76. The summed E-state index contributed by atoms with van der Waals surface area (Å²) in [6, 6.07) is 11.8. The molecule has 220 valence electrons. The van der Waals surface area contributed by atoms with Gasteiger partial charge in [0.25, 0.3) is 0 Å². The summed E-state index contributed by atoms with van der Waals surface area (Å²) in [5.74, 6) is -1.26. The molecule has 5 rings (SSSR count). The van der Waals surface area contributed by atoms with Crippen LogP contribution < -0.4 is 15.4 Å². The van der Waals surface area contributed by atoms with Gasteiger partial charge in [-0.1, -0.05) is 32.9 Å². The highest BCUT2D eigenvalue weighted by molar-refractivity contribution is 8.02. The fourth-order valence-electron chi connectivity index (χ4n) is 7.13. The third-order valence-electron chi connectivity index (χ3n) is 9.13. The van der Waals surface area contributed by atoms with Crippen LogP contribution in [0.3, 0.4) is 0 Å². The van der Waals surface area contributed by atoms with Crippen molar-refractivity contribution in [3.05, 3.63) is 53.6 Å². The smallest absolute Gasteiger partial charge is 0.248 e. The Kier molecular flexibility index (Phi) is 8.14. The largest absolute Gasteiger partial charge is 0.494 e.